The van der Waals surface area contributed by atoms with Crippen molar-refractivity contribution in [2.75, 3.05) is 26.2 Å². The third-order valence-corrected chi connectivity index (χ3v) is 3.75. The number of hydrogen-bond acceptors (Lipinski definition) is 3. The molecular weight excluding hydrogens is 210 g/mol. The van der Waals surface area contributed by atoms with Crippen molar-refractivity contribution in [2.45, 2.75) is 26.3 Å². The summed E-state index contributed by atoms with van der Waals surface area (Å²) in [5, 5.41) is 3.42. The lowest BCUT2D eigenvalue weighted by Gasteiger charge is -2.38. The van der Waals surface area contributed by atoms with Crippen LogP contribution in [-0.2, 0) is 0 Å². The molecule has 0 aliphatic carbocycles. The Morgan fingerprint density at radius 1 is 1.41 bits per heavy atom. The van der Waals surface area contributed by atoms with E-state index in [2.05, 4.69) is 35.1 Å². The van der Waals surface area contributed by atoms with Gasteiger partial charge in [0.15, 0.2) is 0 Å². The van der Waals surface area contributed by atoms with E-state index in [1.807, 2.05) is 18.5 Å². The number of aromatic nitrogens is 1. The smallest absolute Gasteiger partial charge is 0.0389 e. The van der Waals surface area contributed by atoms with Gasteiger partial charge in [-0.05, 0) is 17.5 Å². The van der Waals surface area contributed by atoms with Crippen molar-refractivity contribution in [1.82, 2.24) is 15.2 Å². The Morgan fingerprint density at radius 2 is 2.18 bits per heavy atom. The predicted octanol–water partition coefficient (Wildman–Crippen LogP) is 2.07. The van der Waals surface area contributed by atoms with Crippen LogP contribution < -0.4 is 5.32 Å². The van der Waals surface area contributed by atoms with Crippen LogP contribution >= 0.6 is 0 Å². The predicted molar refractivity (Wildman–Crippen MR) is 70.9 cm³/mol. The molecule has 94 valence electrons. The van der Waals surface area contributed by atoms with E-state index in [1.165, 1.54) is 12.0 Å². The highest BCUT2D eigenvalue weighted by atomic mass is 15.2. The monoisotopic (exact) mass is 233 g/mol. The highest BCUT2D eigenvalue weighted by Gasteiger charge is 2.26. The largest absolute Gasteiger partial charge is 0.314 e. The molecule has 0 spiro atoms. The zero-order valence-electron chi connectivity index (χ0n) is 10.9. The van der Waals surface area contributed by atoms with Crippen molar-refractivity contribution in [3.63, 3.8) is 0 Å². The number of piperazine rings is 1. The standard InChI is InChI=1S/C14H23N3/c1-3-12(2)14(13-5-4-6-16-11-13)17-9-7-15-8-10-17/h4-6,11-12,14-15H,3,7-10H2,1-2H3/t12?,14-/m1/s1. The molecule has 0 saturated carbocycles. The van der Waals surface area contributed by atoms with Gasteiger partial charge in [-0.1, -0.05) is 26.3 Å². The second kappa shape index (κ2) is 6.12. The van der Waals surface area contributed by atoms with Crippen LogP contribution in [0.4, 0.5) is 0 Å². The highest BCUT2D eigenvalue weighted by Crippen LogP contribution is 2.30. The topological polar surface area (TPSA) is 28.2 Å². The van der Waals surface area contributed by atoms with Crippen molar-refractivity contribution in [1.29, 1.82) is 0 Å². The van der Waals surface area contributed by atoms with Crippen molar-refractivity contribution in [2.24, 2.45) is 5.92 Å². The van der Waals surface area contributed by atoms with Crippen molar-refractivity contribution in [3.8, 4) is 0 Å². The third kappa shape index (κ3) is 3.05. The zero-order valence-corrected chi connectivity index (χ0v) is 10.9. The fraction of sp³-hybridized carbons (Fsp3) is 0.643. The molecule has 17 heavy (non-hydrogen) atoms. The van der Waals surface area contributed by atoms with Gasteiger partial charge in [-0.25, -0.2) is 0 Å². The molecule has 1 saturated heterocycles. The lowest BCUT2D eigenvalue weighted by atomic mass is 9.91. The van der Waals surface area contributed by atoms with Crippen LogP contribution in [0, 0.1) is 5.92 Å². The summed E-state index contributed by atoms with van der Waals surface area (Å²) in [5.41, 5.74) is 1.36. The molecule has 1 fully saturated rings. The van der Waals surface area contributed by atoms with E-state index in [-0.39, 0.29) is 0 Å². The van der Waals surface area contributed by atoms with Gasteiger partial charge in [-0.15, -0.1) is 0 Å². The lowest BCUT2D eigenvalue weighted by Crippen LogP contribution is -2.46. The van der Waals surface area contributed by atoms with E-state index in [4.69, 9.17) is 0 Å². The Balaban J connectivity index is 2.18. The number of pyridine rings is 1. The van der Waals surface area contributed by atoms with E-state index in [1.54, 1.807) is 0 Å². The van der Waals surface area contributed by atoms with Gasteiger partial charge in [0.1, 0.15) is 0 Å². The van der Waals surface area contributed by atoms with E-state index in [0.717, 1.165) is 26.2 Å². The maximum absolute atomic E-state index is 4.27. The molecular formula is C14H23N3. The van der Waals surface area contributed by atoms with Gasteiger partial charge in [0.05, 0.1) is 0 Å². The zero-order chi connectivity index (χ0) is 12.1. The van der Waals surface area contributed by atoms with Gasteiger partial charge in [0, 0.05) is 44.6 Å². The molecule has 1 aliphatic rings. The summed E-state index contributed by atoms with van der Waals surface area (Å²) >= 11 is 0. The summed E-state index contributed by atoms with van der Waals surface area (Å²) in [5.74, 6) is 0.678. The summed E-state index contributed by atoms with van der Waals surface area (Å²) in [6, 6.07) is 4.79. The third-order valence-electron chi connectivity index (χ3n) is 3.75. The van der Waals surface area contributed by atoms with Crippen molar-refractivity contribution >= 4 is 0 Å². The summed E-state index contributed by atoms with van der Waals surface area (Å²) in [6.07, 6.45) is 5.09. The van der Waals surface area contributed by atoms with E-state index < -0.39 is 0 Å². The molecule has 0 amide bonds. The summed E-state index contributed by atoms with van der Waals surface area (Å²) in [6.45, 7) is 9.12. The minimum atomic E-state index is 0.524. The van der Waals surface area contributed by atoms with E-state index >= 15 is 0 Å². The number of nitrogens with zero attached hydrogens (tertiary/aromatic N) is 2. The normalized spacial score (nSPS) is 21.1. The second-order valence-corrected chi connectivity index (χ2v) is 4.90. The van der Waals surface area contributed by atoms with Crippen LogP contribution in [0.3, 0.4) is 0 Å². The SMILES string of the molecule is CCC(C)[C@H](c1cccnc1)N1CCNCC1. The van der Waals surface area contributed by atoms with Gasteiger partial charge < -0.3 is 5.32 Å². The molecule has 1 unspecified atom stereocenters. The van der Waals surface area contributed by atoms with Crippen LogP contribution in [0.15, 0.2) is 24.5 Å². The molecule has 0 bridgehead atoms. The van der Waals surface area contributed by atoms with Crippen LogP contribution in [0.2, 0.25) is 0 Å². The Labute approximate surface area is 104 Å². The summed E-state index contributed by atoms with van der Waals surface area (Å²) in [7, 11) is 0. The fourth-order valence-corrected chi connectivity index (χ4v) is 2.63. The molecule has 3 nitrogen and oxygen atoms in total. The lowest BCUT2D eigenvalue weighted by molar-refractivity contribution is 0.128. The Hall–Kier alpha value is -0.930. The minimum absolute atomic E-state index is 0.524. The average molecular weight is 233 g/mol. The number of nitrogens with one attached hydrogen (secondary N) is 1. The average Bonchev–Trinajstić information content (AvgIpc) is 2.41. The molecule has 3 heteroatoms. The number of rotatable bonds is 4. The van der Waals surface area contributed by atoms with Gasteiger partial charge in [-0.3, -0.25) is 9.88 Å². The first kappa shape index (κ1) is 12.5. The van der Waals surface area contributed by atoms with Gasteiger partial charge in [-0.2, -0.15) is 0 Å². The molecule has 1 N–H and O–H groups in total. The first-order valence-electron chi connectivity index (χ1n) is 6.67. The molecule has 2 heterocycles. The summed E-state index contributed by atoms with van der Waals surface area (Å²) < 4.78 is 0. The first-order chi connectivity index (χ1) is 8.33. The van der Waals surface area contributed by atoms with E-state index in [0.29, 0.717) is 12.0 Å². The van der Waals surface area contributed by atoms with Gasteiger partial charge in [0.2, 0.25) is 0 Å². The fourth-order valence-electron chi connectivity index (χ4n) is 2.63. The maximum Gasteiger partial charge on any atom is 0.0389 e. The molecule has 2 rings (SSSR count). The second-order valence-electron chi connectivity index (χ2n) is 4.90. The number of hydrogen-bond donors (Lipinski definition) is 1. The Kier molecular flexibility index (Phi) is 4.51. The Bertz CT molecular complexity index is 319. The van der Waals surface area contributed by atoms with Gasteiger partial charge in [0.25, 0.3) is 0 Å². The highest BCUT2D eigenvalue weighted by molar-refractivity contribution is 5.15. The summed E-state index contributed by atoms with van der Waals surface area (Å²) in [4.78, 5) is 6.87. The molecule has 0 radical (unpaired) electrons. The van der Waals surface area contributed by atoms with Crippen LogP contribution in [0.1, 0.15) is 31.9 Å². The Morgan fingerprint density at radius 3 is 2.76 bits per heavy atom. The minimum Gasteiger partial charge on any atom is -0.314 e. The van der Waals surface area contributed by atoms with Gasteiger partial charge >= 0.3 is 0 Å². The molecule has 0 aromatic carbocycles. The molecule has 1 aromatic rings. The quantitative estimate of drug-likeness (QED) is 0.863. The van der Waals surface area contributed by atoms with E-state index in [9.17, 15) is 0 Å². The first-order valence-corrected chi connectivity index (χ1v) is 6.67. The van der Waals surface area contributed by atoms with Crippen LogP contribution in [0.5, 0.6) is 0 Å². The molecule has 2 atom stereocenters. The maximum atomic E-state index is 4.27. The van der Waals surface area contributed by atoms with Crippen molar-refractivity contribution in [3.05, 3.63) is 30.1 Å². The molecule has 1 aliphatic heterocycles. The molecule has 1 aromatic heterocycles. The van der Waals surface area contributed by atoms with Crippen LogP contribution in [0.25, 0.3) is 0 Å². The van der Waals surface area contributed by atoms with Crippen molar-refractivity contribution < 1.29 is 0 Å². The van der Waals surface area contributed by atoms with Crippen LogP contribution in [-0.4, -0.2) is 36.1 Å².